The van der Waals surface area contributed by atoms with E-state index in [-0.39, 0.29) is 11.4 Å². The van der Waals surface area contributed by atoms with Crippen molar-refractivity contribution in [2.24, 2.45) is 0 Å². The first-order chi connectivity index (χ1) is 8.10. The number of hydrogen-bond acceptors (Lipinski definition) is 2. The predicted molar refractivity (Wildman–Crippen MR) is 80.3 cm³/mol. The molecule has 0 rings (SSSR count). The molecule has 0 aromatic heterocycles. The zero-order valence-corrected chi connectivity index (χ0v) is 15.5. The molecule has 0 atom stereocenters. The Bertz CT molecular complexity index is 185. The molecule has 0 spiro atoms. The SMILES string of the molecule is CCC[CH2][Sn]([CH2]CCC)([CH2]CCC)[O]C(C)=O.O. The standard InChI is InChI=1S/3C4H9.C2H4O2.H2O.Sn/c3*1-3-4-2;1-2(3)4;;/h3*1,3-4H2,2H3;1H3,(H,3,4);1H2;/q;;;;;+1/p-1. The molecule has 0 fully saturated rings. The van der Waals surface area contributed by atoms with Gasteiger partial charge in [-0.25, -0.2) is 0 Å². The van der Waals surface area contributed by atoms with E-state index < -0.39 is 18.8 Å². The molecule has 110 valence electrons. The van der Waals surface area contributed by atoms with Gasteiger partial charge in [0.05, 0.1) is 0 Å². The van der Waals surface area contributed by atoms with E-state index in [4.69, 9.17) is 3.07 Å². The molecule has 0 saturated carbocycles. The van der Waals surface area contributed by atoms with Crippen LogP contribution in [0.5, 0.6) is 0 Å². The number of rotatable bonds is 10. The molecule has 18 heavy (non-hydrogen) atoms. The molecule has 0 unspecified atom stereocenters. The monoisotopic (exact) mass is 368 g/mol. The molecule has 4 heteroatoms. The Labute approximate surface area is 117 Å². The van der Waals surface area contributed by atoms with Crippen molar-refractivity contribution in [2.45, 2.75) is 79.5 Å². The van der Waals surface area contributed by atoms with Crippen LogP contribution in [0.2, 0.25) is 13.3 Å². The molecule has 0 amide bonds. The molecular formula is C14H32O3Sn. The van der Waals surface area contributed by atoms with Gasteiger partial charge in [-0.3, -0.25) is 0 Å². The summed E-state index contributed by atoms with van der Waals surface area (Å²) < 4.78 is 9.64. The summed E-state index contributed by atoms with van der Waals surface area (Å²) in [6.07, 6.45) is 7.40. The first-order valence-electron chi connectivity index (χ1n) is 7.29. The maximum atomic E-state index is 11.4. The van der Waals surface area contributed by atoms with Crippen LogP contribution in [0.15, 0.2) is 0 Å². The van der Waals surface area contributed by atoms with E-state index in [0.717, 1.165) is 0 Å². The molecule has 0 aliphatic carbocycles. The van der Waals surface area contributed by atoms with Crippen molar-refractivity contribution in [1.29, 1.82) is 0 Å². The topological polar surface area (TPSA) is 57.8 Å². The van der Waals surface area contributed by atoms with Gasteiger partial charge in [0, 0.05) is 0 Å². The molecule has 0 radical (unpaired) electrons. The second-order valence-electron chi connectivity index (χ2n) is 5.09. The Morgan fingerprint density at radius 3 is 1.44 bits per heavy atom. The maximum absolute atomic E-state index is 11.4. The summed E-state index contributed by atoms with van der Waals surface area (Å²) in [6, 6.07) is 0. The largest absolute Gasteiger partial charge is 0.412 e. The Hall–Kier alpha value is 0.229. The first kappa shape index (κ1) is 20.5. The minimum Gasteiger partial charge on any atom is -0.412 e. The van der Waals surface area contributed by atoms with E-state index in [1.54, 1.807) is 6.92 Å². The summed E-state index contributed by atoms with van der Waals surface area (Å²) in [4.78, 5) is 11.4. The number of carbonyl (C=O) groups excluding carboxylic acids is 1. The van der Waals surface area contributed by atoms with Gasteiger partial charge in [0.2, 0.25) is 0 Å². The minimum absolute atomic E-state index is 0. The summed E-state index contributed by atoms with van der Waals surface area (Å²) >= 11 is -2.59. The third kappa shape index (κ3) is 9.20. The van der Waals surface area contributed by atoms with Crippen LogP contribution in [-0.4, -0.2) is 30.2 Å². The van der Waals surface area contributed by atoms with Crippen LogP contribution >= 0.6 is 0 Å². The molecule has 0 saturated heterocycles. The van der Waals surface area contributed by atoms with Crippen molar-refractivity contribution in [3.05, 3.63) is 0 Å². The van der Waals surface area contributed by atoms with Gasteiger partial charge in [0.15, 0.2) is 0 Å². The Morgan fingerprint density at radius 1 is 0.889 bits per heavy atom. The Morgan fingerprint density at radius 2 is 1.22 bits per heavy atom. The van der Waals surface area contributed by atoms with Crippen LogP contribution in [0, 0.1) is 0 Å². The van der Waals surface area contributed by atoms with Crippen LogP contribution < -0.4 is 0 Å². The summed E-state index contributed by atoms with van der Waals surface area (Å²) in [7, 11) is 0. The molecule has 0 heterocycles. The fraction of sp³-hybridized carbons (Fsp3) is 0.929. The van der Waals surface area contributed by atoms with Crippen LogP contribution in [0.1, 0.15) is 66.2 Å². The van der Waals surface area contributed by atoms with E-state index in [1.807, 2.05) is 0 Å². The average molecular weight is 367 g/mol. The van der Waals surface area contributed by atoms with Crippen molar-refractivity contribution in [2.75, 3.05) is 0 Å². The molecule has 0 aromatic rings. The Kier molecular flexibility index (Phi) is 14.0. The molecule has 3 nitrogen and oxygen atoms in total. The van der Waals surface area contributed by atoms with Crippen molar-refractivity contribution in [3.8, 4) is 0 Å². The second kappa shape index (κ2) is 12.3. The van der Waals surface area contributed by atoms with Gasteiger partial charge in [0.1, 0.15) is 0 Å². The first-order valence-corrected chi connectivity index (χ1v) is 14.5. The van der Waals surface area contributed by atoms with Crippen molar-refractivity contribution >= 4 is 24.8 Å². The fourth-order valence-electron chi connectivity index (χ4n) is 2.33. The Balaban J connectivity index is 0. The van der Waals surface area contributed by atoms with Gasteiger partial charge >= 0.3 is 112 Å². The van der Waals surface area contributed by atoms with Crippen molar-refractivity contribution in [1.82, 2.24) is 0 Å². The van der Waals surface area contributed by atoms with E-state index >= 15 is 0 Å². The molecule has 0 bridgehead atoms. The normalized spacial score (nSPS) is 10.9. The fourth-order valence-corrected chi connectivity index (χ4v) is 15.6. The summed E-state index contributed by atoms with van der Waals surface area (Å²) in [5.41, 5.74) is 0. The maximum Gasteiger partial charge on any atom is -0.412 e. The van der Waals surface area contributed by atoms with Crippen LogP contribution in [0.4, 0.5) is 0 Å². The number of unbranched alkanes of at least 4 members (excludes halogenated alkanes) is 3. The van der Waals surface area contributed by atoms with E-state index in [9.17, 15) is 4.79 Å². The van der Waals surface area contributed by atoms with Crippen LogP contribution in [-0.2, 0) is 7.87 Å². The van der Waals surface area contributed by atoms with Gasteiger partial charge < -0.3 is 5.48 Å². The third-order valence-corrected chi connectivity index (χ3v) is 16.2. The summed E-state index contributed by atoms with van der Waals surface area (Å²) in [6.45, 7) is 8.27. The van der Waals surface area contributed by atoms with E-state index in [0.29, 0.717) is 0 Å². The van der Waals surface area contributed by atoms with Crippen LogP contribution in [0.3, 0.4) is 0 Å². The van der Waals surface area contributed by atoms with Gasteiger partial charge in [-0.2, -0.15) is 0 Å². The molecular weight excluding hydrogens is 335 g/mol. The van der Waals surface area contributed by atoms with Gasteiger partial charge in [-0.05, 0) is 0 Å². The quantitative estimate of drug-likeness (QED) is 0.547. The molecule has 0 aliphatic heterocycles. The molecule has 0 aromatic carbocycles. The number of hydrogen-bond donors (Lipinski definition) is 0. The summed E-state index contributed by atoms with van der Waals surface area (Å²) in [5.74, 6) is -0.0240. The van der Waals surface area contributed by atoms with Gasteiger partial charge in [-0.1, -0.05) is 0 Å². The predicted octanol–water partition coefficient (Wildman–Crippen LogP) is 4.07. The zero-order valence-electron chi connectivity index (χ0n) is 12.7. The smallest absolute Gasteiger partial charge is 0.412 e. The van der Waals surface area contributed by atoms with Crippen molar-refractivity contribution in [3.63, 3.8) is 0 Å². The van der Waals surface area contributed by atoms with Crippen molar-refractivity contribution < 1.29 is 13.3 Å². The number of carbonyl (C=O) groups is 1. The zero-order chi connectivity index (χ0) is 13.1. The molecule has 0 aliphatic rings. The van der Waals surface area contributed by atoms with E-state index in [1.165, 1.54) is 51.8 Å². The van der Waals surface area contributed by atoms with Crippen LogP contribution in [0.25, 0.3) is 0 Å². The summed E-state index contributed by atoms with van der Waals surface area (Å²) in [5, 5.41) is 0. The van der Waals surface area contributed by atoms with Gasteiger partial charge in [0.25, 0.3) is 0 Å². The third-order valence-electron chi connectivity index (χ3n) is 3.32. The van der Waals surface area contributed by atoms with E-state index in [2.05, 4.69) is 20.8 Å². The average Bonchev–Trinajstić information content (AvgIpc) is 2.30. The molecule has 2 N–H and O–H groups in total. The second-order valence-corrected chi connectivity index (χ2v) is 16.7. The van der Waals surface area contributed by atoms with Gasteiger partial charge in [-0.15, -0.1) is 0 Å². The minimum atomic E-state index is -2.59.